The SMILES string of the molecule is C.O=C(Nc1cccc(Br)c1)C1=C(O)[C@@H]2Oc3c(O)ccc4c3[C@@]23CCN(CC2CC2)[C@H](C4)[C@]3(O)C1. The Morgan fingerprint density at radius 1 is 1.22 bits per heavy atom. The van der Waals surface area contributed by atoms with Gasteiger partial charge < -0.3 is 25.4 Å². The summed E-state index contributed by atoms with van der Waals surface area (Å²) in [5.74, 6) is 0.388. The third-order valence-electron chi connectivity index (χ3n) is 8.87. The van der Waals surface area contributed by atoms with Gasteiger partial charge in [0.25, 0.3) is 5.91 Å². The third kappa shape index (κ3) is 3.07. The summed E-state index contributed by atoms with van der Waals surface area (Å²) in [5, 5.41) is 37.6. The van der Waals surface area contributed by atoms with Gasteiger partial charge >= 0.3 is 0 Å². The minimum atomic E-state index is -1.31. The van der Waals surface area contributed by atoms with Crippen LogP contribution in [-0.4, -0.2) is 57.0 Å². The van der Waals surface area contributed by atoms with Gasteiger partial charge in [-0.1, -0.05) is 35.5 Å². The predicted molar refractivity (Wildman–Crippen MR) is 139 cm³/mol. The highest BCUT2D eigenvalue weighted by atomic mass is 79.9. The normalized spacial score (nSPS) is 31.8. The van der Waals surface area contributed by atoms with Gasteiger partial charge in [0.1, 0.15) is 5.76 Å². The van der Waals surface area contributed by atoms with Gasteiger partial charge in [0.15, 0.2) is 17.6 Å². The molecule has 3 aliphatic carbocycles. The van der Waals surface area contributed by atoms with Crippen molar-refractivity contribution < 1.29 is 24.9 Å². The van der Waals surface area contributed by atoms with Crippen LogP contribution in [0.15, 0.2) is 52.2 Å². The van der Waals surface area contributed by atoms with E-state index in [1.54, 1.807) is 18.2 Å². The Kier molecular flexibility index (Phi) is 5.28. The van der Waals surface area contributed by atoms with Crippen molar-refractivity contribution in [2.75, 3.05) is 18.4 Å². The number of nitrogens with zero attached hydrogens (tertiary/aromatic N) is 1. The first-order valence-electron chi connectivity index (χ1n) is 12.3. The lowest BCUT2D eigenvalue weighted by Crippen LogP contribution is -2.75. The Balaban J connectivity index is 0.00000240. The van der Waals surface area contributed by atoms with Crippen LogP contribution < -0.4 is 10.1 Å². The van der Waals surface area contributed by atoms with Gasteiger partial charge in [-0.15, -0.1) is 0 Å². The number of anilines is 1. The molecular formula is C28H31BrN2O5. The number of carbonyl (C=O) groups is 1. The van der Waals surface area contributed by atoms with Gasteiger partial charge in [0, 0.05) is 34.7 Å². The quantitative estimate of drug-likeness (QED) is 0.446. The summed E-state index contributed by atoms with van der Waals surface area (Å²) >= 11 is 3.42. The molecule has 36 heavy (non-hydrogen) atoms. The Bertz CT molecular complexity index is 1310. The Morgan fingerprint density at radius 3 is 2.78 bits per heavy atom. The highest BCUT2D eigenvalue weighted by molar-refractivity contribution is 9.10. The van der Waals surface area contributed by atoms with Gasteiger partial charge in [-0.3, -0.25) is 9.69 Å². The van der Waals surface area contributed by atoms with Gasteiger partial charge in [-0.2, -0.15) is 0 Å². The molecule has 0 unspecified atom stereocenters. The van der Waals surface area contributed by atoms with Crippen LogP contribution in [0.2, 0.25) is 0 Å². The Hall–Kier alpha value is -2.55. The molecule has 7 rings (SSSR count). The number of hydrogen-bond acceptors (Lipinski definition) is 6. The zero-order valence-electron chi connectivity index (χ0n) is 19.1. The van der Waals surface area contributed by atoms with Gasteiger partial charge in [0.05, 0.1) is 16.6 Å². The average Bonchev–Trinajstić information content (AvgIpc) is 3.56. The maximum Gasteiger partial charge on any atom is 0.255 e. The molecule has 0 aromatic heterocycles. The summed E-state index contributed by atoms with van der Waals surface area (Å²) < 4.78 is 7.07. The van der Waals surface area contributed by atoms with Crippen LogP contribution in [0.1, 0.15) is 44.2 Å². The topological polar surface area (TPSA) is 102 Å². The number of likely N-dealkylation sites (tertiary alicyclic amines) is 1. The number of nitrogens with one attached hydrogen (secondary N) is 1. The van der Waals surface area contributed by atoms with Crippen molar-refractivity contribution in [3.63, 3.8) is 0 Å². The average molecular weight is 555 g/mol. The van der Waals surface area contributed by atoms with Crippen molar-refractivity contribution in [3.8, 4) is 11.5 Å². The fourth-order valence-corrected chi connectivity index (χ4v) is 7.54. The minimum Gasteiger partial charge on any atom is -0.508 e. The molecule has 2 aromatic rings. The number of ether oxygens (including phenoxy) is 1. The molecule has 1 saturated carbocycles. The standard InChI is InChI=1S/C27H27BrN2O5.CH4/c28-16-2-1-3-17(11-16)29-25(33)18-12-27(34)20-10-15-6-7-19(31)23-21(15)26(27,24(35-23)22(18)32)8-9-30(20)13-14-4-5-14;/h1-3,6-7,11,14,20,24,31-32,34H,4-5,8-10,12-13H2,(H,29,33);1H4/t20-,24+,26+,27-;/m1./s1. The Labute approximate surface area is 218 Å². The van der Waals surface area contributed by atoms with Crippen LogP contribution >= 0.6 is 15.9 Å². The van der Waals surface area contributed by atoms with Crippen molar-refractivity contribution >= 4 is 27.5 Å². The second-order valence-electron chi connectivity index (χ2n) is 10.8. The summed E-state index contributed by atoms with van der Waals surface area (Å²) in [4.78, 5) is 15.8. The number of aromatic hydroxyl groups is 1. The number of phenols is 1. The fraction of sp³-hybridized carbons (Fsp3) is 0.464. The summed E-state index contributed by atoms with van der Waals surface area (Å²) in [6, 6.07) is 10.6. The zero-order chi connectivity index (χ0) is 24.1. The summed E-state index contributed by atoms with van der Waals surface area (Å²) in [5.41, 5.74) is 0.375. The first-order chi connectivity index (χ1) is 16.8. The van der Waals surface area contributed by atoms with E-state index in [1.807, 2.05) is 18.2 Å². The molecule has 1 amide bonds. The van der Waals surface area contributed by atoms with E-state index >= 15 is 0 Å². The molecule has 2 heterocycles. The number of piperidine rings is 1. The number of amides is 1. The van der Waals surface area contributed by atoms with E-state index in [-0.39, 0.29) is 37.0 Å². The number of halogens is 1. The van der Waals surface area contributed by atoms with Crippen molar-refractivity contribution in [3.05, 3.63) is 63.3 Å². The second-order valence-corrected chi connectivity index (χ2v) is 11.7. The number of rotatable bonds is 4. The predicted octanol–water partition coefficient (Wildman–Crippen LogP) is 4.42. The first kappa shape index (κ1) is 23.8. The lowest BCUT2D eigenvalue weighted by Gasteiger charge is -2.62. The largest absolute Gasteiger partial charge is 0.508 e. The molecule has 2 bridgehead atoms. The summed E-state index contributed by atoms with van der Waals surface area (Å²) in [6.07, 6.45) is 2.75. The van der Waals surface area contributed by atoms with E-state index in [4.69, 9.17) is 4.74 Å². The number of benzene rings is 2. The maximum absolute atomic E-state index is 13.4. The van der Waals surface area contributed by atoms with Gasteiger partial charge in [-0.05, 0) is 68.0 Å². The maximum atomic E-state index is 13.4. The summed E-state index contributed by atoms with van der Waals surface area (Å²) in [6.45, 7) is 1.72. The van der Waals surface area contributed by atoms with Crippen molar-refractivity contribution in [1.82, 2.24) is 4.90 Å². The molecule has 4 atom stereocenters. The van der Waals surface area contributed by atoms with E-state index in [2.05, 4.69) is 26.1 Å². The first-order valence-corrected chi connectivity index (χ1v) is 13.1. The van der Waals surface area contributed by atoms with E-state index in [0.29, 0.717) is 30.2 Å². The highest BCUT2D eigenvalue weighted by Gasteiger charge is 2.73. The molecule has 7 nitrogen and oxygen atoms in total. The molecule has 190 valence electrons. The highest BCUT2D eigenvalue weighted by Crippen LogP contribution is 2.66. The number of aliphatic hydroxyl groups is 2. The van der Waals surface area contributed by atoms with Crippen LogP contribution in [0.25, 0.3) is 0 Å². The van der Waals surface area contributed by atoms with Crippen molar-refractivity contribution in [2.24, 2.45) is 5.92 Å². The van der Waals surface area contributed by atoms with E-state index in [9.17, 15) is 20.1 Å². The fourth-order valence-electron chi connectivity index (χ4n) is 7.14. The third-order valence-corrected chi connectivity index (χ3v) is 9.37. The lowest BCUT2D eigenvalue weighted by molar-refractivity contribution is -0.172. The second kappa shape index (κ2) is 7.97. The van der Waals surface area contributed by atoms with Crippen LogP contribution in [0.3, 0.4) is 0 Å². The Morgan fingerprint density at radius 2 is 2.03 bits per heavy atom. The van der Waals surface area contributed by atoms with Crippen LogP contribution in [0, 0.1) is 5.92 Å². The molecule has 2 aliphatic heterocycles. The van der Waals surface area contributed by atoms with Gasteiger partial charge in [-0.25, -0.2) is 0 Å². The summed E-state index contributed by atoms with van der Waals surface area (Å²) in [7, 11) is 0. The van der Waals surface area contributed by atoms with Crippen LogP contribution in [-0.2, 0) is 16.6 Å². The van der Waals surface area contributed by atoms with Crippen LogP contribution in [0.5, 0.6) is 11.5 Å². The van der Waals surface area contributed by atoms with Crippen molar-refractivity contribution in [2.45, 2.75) is 62.7 Å². The molecule has 4 N–H and O–H groups in total. The van der Waals surface area contributed by atoms with E-state index in [0.717, 1.165) is 28.7 Å². The minimum absolute atomic E-state index is 0. The molecule has 2 fully saturated rings. The van der Waals surface area contributed by atoms with Crippen LogP contribution in [0.4, 0.5) is 5.69 Å². The number of carbonyl (C=O) groups excluding carboxylic acids is 1. The van der Waals surface area contributed by atoms with E-state index < -0.39 is 23.0 Å². The zero-order valence-corrected chi connectivity index (χ0v) is 20.7. The number of phenolic OH excluding ortho intramolecular Hbond substituents is 1. The molecule has 5 aliphatic rings. The molecule has 1 spiro atoms. The molecule has 0 radical (unpaired) electrons. The molecule has 8 heteroatoms. The number of hydrogen-bond donors (Lipinski definition) is 4. The number of aliphatic hydroxyl groups excluding tert-OH is 1. The molecular weight excluding hydrogens is 524 g/mol. The molecule has 2 aromatic carbocycles. The lowest BCUT2D eigenvalue weighted by atomic mass is 9.49. The molecule has 1 saturated heterocycles. The monoisotopic (exact) mass is 554 g/mol. The van der Waals surface area contributed by atoms with Crippen molar-refractivity contribution in [1.29, 1.82) is 0 Å². The van der Waals surface area contributed by atoms with E-state index in [1.165, 1.54) is 12.8 Å². The van der Waals surface area contributed by atoms with Gasteiger partial charge in [0.2, 0.25) is 0 Å². The smallest absolute Gasteiger partial charge is 0.255 e.